The van der Waals surface area contributed by atoms with Gasteiger partial charge in [0.2, 0.25) is 0 Å². The third-order valence-electron chi connectivity index (χ3n) is 4.22. The minimum atomic E-state index is -1.12. The Kier molecular flexibility index (Phi) is 5.47. The summed E-state index contributed by atoms with van der Waals surface area (Å²) in [4.78, 5) is 23.4. The molecule has 1 fully saturated rings. The van der Waals surface area contributed by atoms with Crippen molar-refractivity contribution in [1.82, 2.24) is 5.32 Å². The highest BCUT2D eigenvalue weighted by Crippen LogP contribution is 2.31. The number of phenolic OH excluding ortho intramolecular Hbond substituents is 1. The highest BCUT2D eigenvalue weighted by Gasteiger charge is 2.32. The second-order valence-electron chi connectivity index (χ2n) is 6.31. The largest absolute Gasteiger partial charge is 0.508 e. The summed E-state index contributed by atoms with van der Waals surface area (Å²) >= 11 is 0. The Bertz CT molecular complexity index is 549. The number of carboxylic acid groups (broad SMARTS) is 1. The van der Waals surface area contributed by atoms with Crippen LogP contribution in [0.5, 0.6) is 5.75 Å². The molecule has 1 unspecified atom stereocenters. The van der Waals surface area contributed by atoms with E-state index in [2.05, 4.69) is 5.32 Å². The van der Waals surface area contributed by atoms with Crippen LogP contribution in [-0.4, -0.2) is 33.9 Å². The third-order valence-corrected chi connectivity index (χ3v) is 4.22. The third kappa shape index (κ3) is 5.16. The highest BCUT2D eigenvalue weighted by atomic mass is 16.6. The van der Waals surface area contributed by atoms with Gasteiger partial charge < -0.3 is 20.3 Å². The first-order chi connectivity index (χ1) is 10.9. The van der Waals surface area contributed by atoms with Crippen LogP contribution in [0, 0.1) is 0 Å². The molecule has 1 amide bonds. The van der Waals surface area contributed by atoms with E-state index >= 15 is 0 Å². The molecule has 0 aliphatic heterocycles. The monoisotopic (exact) mass is 321 g/mol. The van der Waals surface area contributed by atoms with Gasteiger partial charge in [-0.1, -0.05) is 18.6 Å². The standard InChI is InChI=1S/C17H23NO5/c1-17(9-3-2-4-10-17)23-16(22)18-14(15(20)21)11-12-5-7-13(19)8-6-12/h5-8,14,19H,2-4,9-11H2,1H3,(H,18,22)(H,20,21). The minimum absolute atomic E-state index is 0.109. The second kappa shape index (κ2) is 7.35. The van der Waals surface area contributed by atoms with Crippen molar-refractivity contribution in [1.29, 1.82) is 0 Å². The van der Waals surface area contributed by atoms with Crippen LogP contribution >= 0.6 is 0 Å². The van der Waals surface area contributed by atoms with Crippen LogP contribution in [0.4, 0.5) is 4.79 Å². The van der Waals surface area contributed by atoms with Crippen molar-refractivity contribution in [3.05, 3.63) is 29.8 Å². The van der Waals surface area contributed by atoms with Gasteiger partial charge in [-0.2, -0.15) is 0 Å². The van der Waals surface area contributed by atoms with E-state index in [-0.39, 0.29) is 12.2 Å². The Morgan fingerprint density at radius 3 is 2.39 bits per heavy atom. The normalized spacial score (nSPS) is 18.0. The second-order valence-corrected chi connectivity index (χ2v) is 6.31. The van der Waals surface area contributed by atoms with Gasteiger partial charge in [0.1, 0.15) is 17.4 Å². The van der Waals surface area contributed by atoms with Gasteiger partial charge in [0.05, 0.1) is 0 Å². The van der Waals surface area contributed by atoms with Crippen molar-refractivity contribution >= 4 is 12.1 Å². The fourth-order valence-corrected chi connectivity index (χ4v) is 2.87. The molecule has 1 saturated carbocycles. The van der Waals surface area contributed by atoms with Gasteiger partial charge in [-0.05, 0) is 50.3 Å². The average molecular weight is 321 g/mol. The first kappa shape index (κ1) is 17.1. The first-order valence-electron chi connectivity index (χ1n) is 7.88. The average Bonchev–Trinajstić information content (AvgIpc) is 2.48. The van der Waals surface area contributed by atoms with Crippen LogP contribution in [0.25, 0.3) is 0 Å². The number of amides is 1. The van der Waals surface area contributed by atoms with E-state index in [1.165, 1.54) is 12.1 Å². The summed E-state index contributed by atoms with van der Waals surface area (Å²) in [5.74, 6) is -1.01. The van der Waals surface area contributed by atoms with E-state index in [4.69, 9.17) is 4.74 Å². The zero-order chi connectivity index (χ0) is 16.9. The number of hydrogen-bond donors (Lipinski definition) is 3. The van der Waals surface area contributed by atoms with Gasteiger partial charge in [-0.3, -0.25) is 0 Å². The molecule has 3 N–H and O–H groups in total. The van der Waals surface area contributed by atoms with E-state index in [9.17, 15) is 19.8 Å². The maximum absolute atomic E-state index is 12.0. The predicted molar refractivity (Wildman–Crippen MR) is 84.3 cm³/mol. The molecule has 6 nitrogen and oxygen atoms in total. The maximum atomic E-state index is 12.0. The molecular formula is C17H23NO5. The summed E-state index contributed by atoms with van der Waals surface area (Å²) in [6.07, 6.45) is 4.20. The van der Waals surface area contributed by atoms with E-state index in [1.54, 1.807) is 12.1 Å². The molecule has 1 aliphatic carbocycles. The molecule has 0 radical (unpaired) electrons. The Morgan fingerprint density at radius 1 is 1.22 bits per heavy atom. The van der Waals surface area contributed by atoms with Crippen molar-refractivity contribution in [3.8, 4) is 5.75 Å². The number of carbonyl (C=O) groups is 2. The molecule has 6 heteroatoms. The fourth-order valence-electron chi connectivity index (χ4n) is 2.87. The Hall–Kier alpha value is -2.24. The minimum Gasteiger partial charge on any atom is -0.508 e. The summed E-state index contributed by atoms with van der Waals surface area (Å²) in [6, 6.07) is 5.14. The molecule has 0 spiro atoms. The molecule has 2 rings (SSSR count). The molecule has 1 aromatic rings. The first-order valence-corrected chi connectivity index (χ1v) is 7.88. The number of benzene rings is 1. The zero-order valence-electron chi connectivity index (χ0n) is 13.2. The molecule has 1 aromatic carbocycles. The Balaban J connectivity index is 1.94. The molecule has 126 valence electrons. The van der Waals surface area contributed by atoms with Gasteiger partial charge >= 0.3 is 12.1 Å². The molecule has 0 bridgehead atoms. The highest BCUT2D eigenvalue weighted by molar-refractivity contribution is 5.80. The number of rotatable bonds is 5. The number of nitrogens with one attached hydrogen (secondary N) is 1. The number of phenols is 1. The number of hydrogen-bond acceptors (Lipinski definition) is 4. The number of aliphatic carboxylic acids is 1. The summed E-state index contributed by atoms with van der Waals surface area (Å²) in [6.45, 7) is 1.89. The SMILES string of the molecule is CC1(OC(=O)NC(Cc2ccc(O)cc2)C(=O)O)CCCCC1. The molecule has 1 atom stereocenters. The van der Waals surface area contributed by atoms with E-state index in [0.717, 1.165) is 32.1 Å². The lowest BCUT2D eigenvalue weighted by Crippen LogP contribution is -2.46. The number of carbonyl (C=O) groups excluding carboxylic acids is 1. The van der Waals surface area contributed by atoms with Gasteiger partial charge in [-0.25, -0.2) is 9.59 Å². The predicted octanol–water partition coefficient (Wildman–Crippen LogP) is 2.84. The lowest BCUT2D eigenvalue weighted by molar-refractivity contribution is -0.139. The molecule has 0 saturated heterocycles. The van der Waals surface area contributed by atoms with Gasteiger partial charge in [0.15, 0.2) is 0 Å². The van der Waals surface area contributed by atoms with Gasteiger partial charge in [0, 0.05) is 6.42 Å². The molecule has 0 aromatic heterocycles. The van der Waals surface area contributed by atoms with Crippen LogP contribution in [0.15, 0.2) is 24.3 Å². The summed E-state index contributed by atoms with van der Waals surface area (Å²) < 4.78 is 5.46. The summed E-state index contributed by atoms with van der Waals surface area (Å²) in [7, 11) is 0. The van der Waals surface area contributed by atoms with Crippen LogP contribution in [0.2, 0.25) is 0 Å². The number of carboxylic acids is 1. The number of aromatic hydroxyl groups is 1. The quantitative estimate of drug-likeness (QED) is 0.775. The Labute approximate surface area is 135 Å². The van der Waals surface area contributed by atoms with Gasteiger partial charge in [0.25, 0.3) is 0 Å². The molecule has 1 aliphatic rings. The van der Waals surface area contributed by atoms with Crippen LogP contribution in [-0.2, 0) is 16.0 Å². The van der Waals surface area contributed by atoms with Crippen molar-refractivity contribution in [2.75, 3.05) is 0 Å². The lowest BCUT2D eigenvalue weighted by atomic mass is 9.86. The number of ether oxygens (including phenoxy) is 1. The lowest BCUT2D eigenvalue weighted by Gasteiger charge is -2.33. The van der Waals surface area contributed by atoms with Crippen molar-refractivity contribution < 1.29 is 24.5 Å². The zero-order valence-corrected chi connectivity index (χ0v) is 13.2. The van der Waals surface area contributed by atoms with Crippen LogP contribution in [0.3, 0.4) is 0 Å². The summed E-state index contributed by atoms with van der Waals surface area (Å²) in [5, 5.41) is 21.0. The van der Waals surface area contributed by atoms with E-state index in [0.29, 0.717) is 5.56 Å². The topological polar surface area (TPSA) is 95.9 Å². The van der Waals surface area contributed by atoms with Gasteiger partial charge in [-0.15, -0.1) is 0 Å². The van der Waals surface area contributed by atoms with Crippen molar-refractivity contribution in [2.24, 2.45) is 0 Å². The summed E-state index contributed by atoms with van der Waals surface area (Å²) in [5.41, 5.74) is 0.198. The number of alkyl carbamates (subject to hydrolysis) is 1. The molecule has 23 heavy (non-hydrogen) atoms. The molecular weight excluding hydrogens is 298 g/mol. The fraction of sp³-hybridized carbons (Fsp3) is 0.529. The Morgan fingerprint density at radius 2 is 1.83 bits per heavy atom. The van der Waals surface area contributed by atoms with E-state index in [1.807, 2.05) is 6.92 Å². The smallest absolute Gasteiger partial charge is 0.408 e. The van der Waals surface area contributed by atoms with E-state index < -0.39 is 23.7 Å². The van der Waals surface area contributed by atoms with Crippen LogP contribution < -0.4 is 5.32 Å². The van der Waals surface area contributed by atoms with Crippen LogP contribution in [0.1, 0.15) is 44.6 Å². The molecule has 0 heterocycles. The van der Waals surface area contributed by atoms with Crippen molar-refractivity contribution in [2.45, 2.75) is 57.1 Å². The van der Waals surface area contributed by atoms with Crippen molar-refractivity contribution in [3.63, 3.8) is 0 Å². The maximum Gasteiger partial charge on any atom is 0.408 e.